The first-order valence-electron chi connectivity index (χ1n) is 9.19. The Kier molecular flexibility index (Phi) is 7.35. The van der Waals surface area contributed by atoms with Crippen molar-refractivity contribution in [3.8, 4) is 5.75 Å². The molecular formula is C18H28N3O7S+. The number of carbonyl (C=O) groups excluding carboxylic acids is 2. The summed E-state index contributed by atoms with van der Waals surface area (Å²) in [7, 11) is -3.32. The van der Waals surface area contributed by atoms with Crippen LogP contribution in [0.3, 0.4) is 0 Å². The van der Waals surface area contributed by atoms with Gasteiger partial charge in [0.25, 0.3) is 5.91 Å². The second kappa shape index (κ2) is 9.18. The second-order valence-corrected chi connectivity index (χ2v) is 9.13. The third-order valence-electron chi connectivity index (χ3n) is 4.84. The molecule has 0 bridgehead atoms. The Hall–Kier alpha value is -2.05. The predicted octanol–water partition coefficient (Wildman–Crippen LogP) is -0.0414. The number of ether oxygens (including phenoxy) is 2. The molecule has 2 rings (SSSR count). The van der Waals surface area contributed by atoms with Crippen LogP contribution in [0.15, 0.2) is 29.2 Å². The number of nitrogens with zero attached hydrogens (tertiary/aromatic N) is 2. The minimum Gasteiger partial charge on any atom is -0.497 e. The Balaban J connectivity index is 2.55. The summed E-state index contributed by atoms with van der Waals surface area (Å²) in [6.45, 7) is 4.23. The largest absolute Gasteiger partial charge is 0.497 e. The minimum atomic E-state index is -4.74. The maximum atomic E-state index is 13.4. The summed E-state index contributed by atoms with van der Waals surface area (Å²) in [6.07, 6.45) is 0. The summed E-state index contributed by atoms with van der Waals surface area (Å²) in [5.41, 5.74) is 5.43. The number of sulfonamides is 1. The number of nitrogens with two attached hydrogens (primary N) is 1. The van der Waals surface area contributed by atoms with Crippen molar-refractivity contribution in [3.63, 3.8) is 0 Å². The van der Waals surface area contributed by atoms with E-state index >= 15 is 0 Å². The second-order valence-electron chi connectivity index (χ2n) is 7.15. The first-order chi connectivity index (χ1) is 13.6. The highest BCUT2D eigenvalue weighted by Crippen LogP contribution is 2.31. The van der Waals surface area contributed by atoms with E-state index in [1.54, 1.807) is 4.90 Å². The van der Waals surface area contributed by atoms with Gasteiger partial charge in [-0.2, -0.15) is 13.6 Å². The van der Waals surface area contributed by atoms with Crippen LogP contribution in [-0.4, -0.2) is 80.4 Å². The maximum absolute atomic E-state index is 13.4. The molecule has 1 aromatic carbocycles. The van der Waals surface area contributed by atoms with Gasteiger partial charge in [0.15, 0.2) is 0 Å². The fourth-order valence-corrected chi connectivity index (χ4v) is 5.08. The molecule has 0 spiro atoms. The van der Waals surface area contributed by atoms with Crippen molar-refractivity contribution in [1.82, 2.24) is 4.90 Å². The average Bonchev–Trinajstić information content (AvgIpc) is 2.67. The Bertz CT molecular complexity index is 836. The summed E-state index contributed by atoms with van der Waals surface area (Å²) < 4.78 is 34.9. The minimum absolute atomic E-state index is 0.331. The average molecular weight is 431 g/mol. The van der Waals surface area contributed by atoms with E-state index in [1.807, 2.05) is 0 Å². The highest BCUT2D eigenvalue weighted by Gasteiger charge is 2.59. The van der Waals surface area contributed by atoms with Gasteiger partial charge in [0.05, 0.1) is 20.3 Å². The molecule has 1 aromatic rings. The molecule has 1 aliphatic rings. The lowest BCUT2D eigenvalue weighted by molar-refractivity contribution is -0.951. The Morgan fingerprint density at radius 2 is 1.79 bits per heavy atom. The number of hydrogen-bond donors (Lipinski definition) is 2. The summed E-state index contributed by atoms with van der Waals surface area (Å²) in [5, 5.41) is 11.3. The SMILES string of the molecule is COc1ccc(S(=O)(=O)[N+](O)(C(=O)CN2CCOCC2)[C@@H](C(N)=O)C(C)C)cc1. The first-order valence-corrected chi connectivity index (χ1v) is 10.6. The molecule has 0 aliphatic carbocycles. The number of amides is 2. The van der Waals surface area contributed by atoms with Crippen LogP contribution in [0.2, 0.25) is 0 Å². The monoisotopic (exact) mass is 430 g/mol. The summed E-state index contributed by atoms with van der Waals surface area (Å²) in [6, 6.07) is 3.50. The Morgan fingerprint density at radius 3 is 2.24 bits per heavy atom. The van der Waals surface area contributed by atoms with Gasteiger partial charge in [-0.1, -0.05) is 13.8 Å². The van der Waals surface area contributed by atoms with E-state index in [-0.39, 0.29) is 11.4 Å². The van der Waals surface area contributed by atoms with Crippen molar-refractivity contribution >= 4 is 21.8 Å². The number of carbonyl (C=O) groups is 2. The molecule has 29 heavy (non-hydrogen) atoms. The molecule has 1 aliphatic heterocycles. The van der Waals surface area contributed by atoms with Gasteiger partial charge in [-0.25, -0.2) is 4.79 Å². The lowest BCUT2D eigenvalue weighted by Gasteiger charge is -2.35. The highest BCUT2D eigenvalue weighted by atomic mass is 32.2. The van der Waals surface area contributed by atoms with E-state index < -0.39 is 37.8 Å². The van der Waals surface area contributed by atoms with Crippen LogP contribution < -0.4 is 10.5 Å². The molecule has 0 saturated carbocycles. The van der Waals surface area contributed by atoms with E-state index in [4.69, 9.17) is 15.2 Å². The molecule has 1 fully saturated rings. The Labute approximate surface area is 170 Å². The number of morpholine rings is 1. The smallest absolute Gasteiger partial charge is 0.376 e. The molecule has 1 heterocycles. The maximum Gasteiger partial charge on any atom is 0.376 e. The van der Waals surface area contributed by atoms with E-state index in [9.17, 15) is 23.2 Å². The van der Waals surface area contributed by atoms with Crippen LogP contribution in [-0.2, 0) is 24.3 Å². The van der Waals surface area contributed by atoms with E-state index in [2.05, 4.69) is 0 Å². The van der Waals surface area contributed by atoms with Gasteiger partial charge in [-0.3, -0.25) is 9.69 Å². The van der Waals surface area contributed by atoms with E-state index in [0.717, 1.165) is 0 Å². The number of primary amides is 1. The fourth-order valence-electron chi connectivity index (χ4n) is 3.30. The standard InChI is InChI=1S/C18H27N3O7S/c1-13(2)17(18(19)23)21(24,16(22)12-20-8-10-28-11-9-20)29(25,26)15-6-4-14(27-3)5-7-15/h4-7,13,17,24H,8-12H2,1-3H3,(H-,19,23)/p+1/t17-,21?/m1/s1. The lowest BCUT2D eigenvalue weighted by Crippen LogP contribution is -2.67. The molecule has 2 atom stereocenters. The highest BCUT2D eigenvalue weighted by molar-refractivity contribution is 7.86. The molecule has 162 valence electrons. The zero-order chi connectivity index (χ0) is 21.8. The van der Waals surface area contributed by atoms with Crippen LogP contribution in [0.4, 0.5) is 0 Å². The van der Waals surface area contributed by atoms with Gasteiger partial charge < -0.3 is 15.2 Å². The molecule has 1 saturated heterocycles. The molecular weight excluding hydrogens is 402 g/mol. The number of rotatable bonds is 8. The van der Waals surface area contributed by atoms with Crippen LogP contribution in [0.1, 0.15) is 13.8 Å². The zero-order valence-corrected chi connectivity index (χ0v) is 17.6. The molecule has 10 nitrogen and oxygen atoms in total. The molecule has 0 aromatic heterocycles. The molecule has 11 heteroatoms. The van der Waals surface area contributed by atoms with Gasteiger partial charge in [-0.05, 0) is 28.3 Å². The van der Waals surface area contributed by atoms with Gasteiger partial charge in [0, 0.05) is 19.0 Å². The zero-order valence-electron chi connectivity index (χ0n) is 16.8. The number of quaternary nitrogens is 1. The number of hydroxylamine groups is 2. The summed E-state index contributed by atoms with van der Waals surface area (Å²) in [4.78, 5) is 26.6. The quantitative estimate of drug-likeness (QED) is 0.333. The summed E-state index contributed by atoms with van der Waals surface area (Å²) >= 11 is 0. The van der Waals surface area contributed by atoms with Crippen molar-refractivity contribution in [2.24, 2.45) is 11.7 Å². The van der Waals surface area contributed by atoms with Crippen LogP contribution >= 0.6 is 0 Å². The number of methoxy groups -OCH3 is 1. The van der Waals surface area contributed by atoms with Crippen LogP contribution in [0.25, 0.3) is 0 Å². The van der Waals surface area contributed by atoms with Crippen LogP contribution in [0, 0.1) is 5.92 Å². The predicted molar refractivity (Wildman–Crippen MR) is 102 cm³/mol. The van der Waals surface area contributed by atoms with Gasteiger partial charge >= 0.3 is 15.9 Å². The third kappa shape index (κ3) is 4.59. The van der Waals surface area contributed by atoms with Crippen molar-refractivity contribution in [3.05, 3.63) is 24.3 Å². The van der Waals surface area contributed by atoms with Crippen molar-refractivity contribution in [1.29, 1.82) is 0 Å². The topological polar surface area (TPSA) is 136 Å². The lowest BCUT2D eigenvalue weighted by atomic mass is 10.0. The molecule has 0 radical (unpaired) electrons. The fraction of sp³-hybridized carbons (Fsp3) is 0.556. The molecule has 3 N–H and O–H groups in total. The van der Waals surface area contributed by atoms with Gasteiger partial charge in [0.2, 0.25) is 6.04 Å². The number of hydrogen-bond acceptors (Lipinski definition) is 8. The van der Waals surface area contributed by atoms with E-state index in [1.165, 1.54) is 45.2 Å². The third-order valence-corrected chi connectivity index (χ3v) is 6.88. The first kappa shape index (κ1) is 23.2. The van der Waals surface area contributed by atoms with Crippen molar-refractivity contribution in [2.45, 2.75) is 24.8 Å². The molecule has 1 unspecified atom stereocenters. The summed E-state index contributed by atoms with van der Waals surface area (Å²) in [5.74, 6) is -2.47. The molecule has 2 amide bonds. The van der Waals surface area contributed by atoms with E-state index in [0.29, 0.717) is 32.1 Å². The van der Waals surface area contributed by atoms with Crippen molar-refractivity contribution < 1.29 is 36.7 Å². The normalized spacial score (nSPS) is 18.8. The van der Waals surface area contributed by atoms with Gasteiger partial charge in [0.1, 0.15) is 17.2 Å². The number of benzene rings is 1. The van der Waals surface area contributed by atoms with Crippen LogP contribution in [0.5, 0.6) is 5.75 Å². The van der Waals surface area contributed by atoms with Gasteiger partial charge in [-0.15, -0.1) is 0 Å². The van der Waals surface area contributed by atoms with Crippen molar-refractivity contribution in [2.75, 3.05) is 40.0 Å². The Morgan fingerprint density at radius 1 is 1.24 bits per heavy atom.